The van der Waals surface area contributed by atoms with Gasteiger partial charge in [0.2, 0.25) is 5.82 Å². The second-order valence-corrected chi connectivity index (χ2v) is 11.5. The molecule has 1 aliphatic rings. The van der Waals surface area contributed by atoms with Crippen LogP contribution in [-0.2, 0) is 31.6 Å². The summed E-state index contributed by atoms with van der Waals surface area (Å²) in [4.78, 5) is 59.9. The van der Waals surface area contributed by atoms with E-state index in [-0.39, 0.29) is 0 Å². The molecule has 0 spiro atoms. The van der Waals surface area contributed by atoms with Crippen LogP contribution >= 0.6 is 46.7 Å². The molecule has 0 saturated carbocycles. The molecule has 2 rings (SSSR count). The molecule has 16 nitrogen and oxygen atoms in total. The van der Waals surface area contributed by atoms with Crippen LogP contribution in [-0.4, -0.2) is 57.4 Å². The zero-order valence-electron chi connectivity index (χ0n) is 14.3. The highest BCUT2D eigenvalue weighted by molar-refractivity contribution is 7.66. The molecule has 6 N–H and O–H groups in total. The van der Waals surface area contributed by atoms with Crippen molar-refractivity contribution in [3.8, 4) is 0 Å². The fraction of sp³-hybridized carbons (Fsp3) is 0.556. The number of alkyl halides is 2. The van der Waals surface area contributed by atoms with Gasteiger partial charge in [-0.05, 0) is 0 Å². The molecule has 1 fully saturated rings. The van der Waals surface area contributed by atoms with E-state index in [1.807, 2.05) is 0 Å². The van der Waals surface area contributed by atoms with Crippen molar-refractivity contribution in [2.45, 2.75) is 22.8 Å². The van der Waals surface area contributed by atoms with Crippen molar-refractivity contribution in [2.75, 3.05) is 6.61 Å². The summed E-state index contributed by atoms with van der Waals surface area (Å²) in [5.74, 6) is -1.45. The van der Waals surface area contributed by atoms with E-state index in [1.54, 1.807) is 4.98 Å². The molecule has 2 heterocycles. The fourth-order valence-corrected chi connectivity index (χ4v) is 5.84. The van der Waals surface area contributed by atoms with Gasteiger partial charge in [0.15, 0.2) is 10.6 Å². The average molecular weight is 555 g/mol. The van der Waals surface area contributed by atoms with Crippen molar-refractivity contribution in [2.24, 2.45) is 0 Å². The first-order valence-corrected chi connectivity index (χ1v) is 12.6. The number of nitrogens with one attached hydrogen (secondary N) is 1. The van der Waals surface area contributed by atoms with Gasteiger partial charge in [-0.2, -0.15) is 13.0 Å². The Hall–Kier alpha value is -0.480. The van der Waals surface area contributed by atoms with Crippen LogP contribution in [0.4, 0.5) is 4.39 Å². The van der Waals surface area contributed by atoms with Crippen LogP contribution in [0, 0.1) is 5.82 Å². The summed E-state index contributed by atoms with van der Waals surface area (Å²) in [7, 11) is -17.0. The lowest BCUT2D eigenvalue weighted by Crippen LogP contribution is -2.42. The van der Waals surface area contributed by atoms with Crippen LogP contribution in [0.15, 0.2) is 15.8 Å². The Morgan fingerprint density at radius 3 is 2.29 bits per heavy atom. The first-order valence-electron chi connectivity index (χ1n) is 7.35. The molecule has 31 heavy (non-hydrogen) atoms. The van der Waals surface area contributed by atoms with Gasteiger partial charge in [-0.3, -0.25) is 18.9 Å². The van der Waals surface area contributed by atoms with Crippen molar-refractivity contribution in [1.29, 1.82) is 0 Å². The first kappa shape index (κ1) is 26.8. The number of H-pyrrole nitrogens is 1. The molecule has 1 aromatic rings. The number of ether oxygens (including phenoxy) is 1. The van der Waals surface area contributed by atoms with Gasteiger partial charge in [0.25, 0.3) is 5.56 Å². The van der Waals surface area contributed by atoms with E-state index in [2.05, 4.69) is 13.1 Å². The molecule has 5 atom stereocenters. The minimum absolute atomic E-state index is 0.364. The minimum atomic E-state index is -5.79. The molecular weight excluding hydrogens is 543 g/mol. The highest BCUT2D eigenvalue weighted by atomic mass is 35.5. The van der Waals surface area contributed by atoms with Gasteiger partial charge < -0.3 is 29.4 Å². The van der Waals surface area contributed by atoms with E-state index in [0.717, 1.165) is 0 Å². The maximum Gasteiger partial charge on any atom is 0.490 e. The van der Waals surface area contributed by atoms with Crippen molar-refractivity contribution >= 4 is 46.7 Å². The molecule has 1 aliphatic heterocycles. The lowest BCUT2D eigenvalue weighted by Gasteiger charge is -2.24. The van der Waals surface area contributed by atoms with Gasteiger partial charge in [-0.25, -0.2) is 18.5 Å². The summed E-state index contributed by atoms with van der Waals surface area (Å²) >= 11 is 11.8. The maximum atomic E-state index is 13.5. The molecule has 0 aliphatic carbocycles. The highest BCUT2D eigenvalue weighted by Gasteiger charge is 2.56. The molecule has 178 valence electrons. The number of aliphatic hydroxyl groups excluding tert-OH is 1. The van der Waals surface area contributed by atoms with Crippen molar-refractivity contribution in [3.63, 3.8) is 0 Å². The summed E-state index contributed by atoms with van der Waals surface area (Å²) in [5, 5.41) is 10.2. The standard InChI is InChI=1S/C9H12Cl2FN2O14P3/c10-9(11)5(15)4(26-7(9)14-1-3(12)6(16)13-8(14)17)2-25-30(21,22)28-31(23,24)27-29(18,19)20/h1,4-5,7,15H,2H2,(H,21,22)(H,23,24)(H,13,16,17)(H2,18,19,20)/t4-,5-,7-/m1/s1. The largest absolute Gasteiger partial charge is 0.490 e. The molecule has 0 amide bonds. The second kappa shape index (κ2) is 9.05. The van der Waals surface area contributed by atoms with Crippen LogP contribution in [0.1, 0.15) is 6.23 Å². The van der Waals surface area contributed by atoms with E-state index in [0.29, 0.717) is 10.8 Å². The van der Waals surface area contributed by atoms with Crippen LogP contribution in [0.2, 0.25) is 0 Å². The number of nitrogens with zero attached hydrogens (tertiary/aromatic N) is 1. The molecular formula is C9H12Cl2FN2O14P3. The average Bonchev–Trinajstić information content (AvgIpc) is 2.76. The number of aliphatic hydroxyl groups is 1. The Labute approximate surface area is 179 Å². The third kappa shape index (κ3) is 6.76. The lowest BCUT2D eigenvalue weighted by atomic mass is 10.2. The number of hydrogen-bond acceptors (Lipinski definition) is 10. The second-order valence-electron chi connectivity index (χ2n) is 5.68. The minimum Gasteiger partial charge on any atom is -0.387 e. The smallest absolute Gasteiger partial charge is 0.387 e. The Balaban J connectivity index is 2.17. The van der Waals surface area contributed by atoms with Crippen molar-refractivity contribution in [1.82, 2.24) is 9.55 Å². The fourth-order valence-electron chi connectivity index (χ4n) is 2.21. The van der Waals surface area contributed by atoms with E-state index >= 15 is 0 Å². The highest BCUT2D eigenvalue weighted by Crippen LogP contribution is 2.66. The van der Waals surface area contributed by atoms with E-state index in [9.17, 15) is 37.7 Å². The van der Waals surface area contributed by atoms with E-state index in [1.165, 1.54) is 0 Å². The summed E-state index contributed by atoms with van der Waals surface area (Å²) in [6, 6.07) is 0. The number of aromatic nitrogens is 2. The quantitative estimate of drug-likeness (QED) is 0.174. The van der Waals surface area contributed by atoms with Gasteiger partial charge in [-0.1, -0.05) is 23.2 Å². The van der Waals surface area contributed by atoms with Gasteiger partial charge in [0, 0.05) is 0 Å². The predicted molar refractivity (Wildman–Crippen MR) is 95.5 cm³/mol. The van der Waals surface area contributed by atoms with Crippen LogP contribution in [0.25, 0.3) is 0 Å². The number of halogens is 3. The van der Waals surface area contributed by atoms with Crippen LogP contribution in [0.5, 0.6) is 0 Å². The SMILES string of the molecule is O=c1[nH]c(=O)n([C@@H]2O[C@H](COP(=O)(O)OP(=O)(O)OP(=O)(O)O)[C@@H](O)C2(Cl)Cl)cc1F. The first-order chi connectivity index (χ1) is 13.8. The number of aromatic amines is 1. The van der Waals surface area contributed by atoms with Crippen LogP contribution < -0.4 is 11.2 Å². The Kier molecular flexibility index (Phi) is 7.81. The molecule has 1 aromatic heterocycles. The maximum absolute atomic E-state index is 13.5. The Morgan fingerprint density at radius 1 is 1.16 bits per heavy atom. The van der Waals surface area contributed by atoms with Gasteiger partial charge in [0.1, 0.15) is 12.2 Å². The molecule has 0 bridgehead atoms. The van der Waals surface area contributed by atoms with E-state index in [4.69, 9.17) is 42.6 Å². The lowest BCUT2D eigenvalue weighted by molar-refractivity contribution is -0.0455. The van der Waals surface area contributed by atoms with Crippen molar-refractivity contribution in [3.05, 3.63) is 32.9 Å². The van der Waals surface area contributed by atoms with E-state index < -0.39 is 69.9 Å². The topological polar surface area (TPSA) is 244 Å². The number of phosphoric acid groups is 3. The number of phosphoric ester groups is 1. The molecule has 1 saturated heterocycles. The molecule has 2 unspecified atom stereocenters. The normalized spacial score (nSPS) is 27.5. The molecule has 0 radical (unpaired) electrons. The summed E-state index contributed by atoms with van der Waals surface area (Å²) in [6.45, 7) is -1.16. The number of hydrogen-bond donors (Lipinski definition) is 6. The summed E-state index contributed by atoms with van der Waals surface area (Å²) < 4.78 is 61.4. The van der Waals surface area contributed by atoms with Crippen molar-refractivity contribution < 1.29 is 60.6 Å². The number of rotatable bonds is 8. The van der Waals surface area contributed by atoms with Gasteiger partial charge >= 0.3 is 29.2 Å². The van der Waals surface area contributed by atoms with Crippen LogP contribution in [0.3, 0.4) is 0 Å². The summed E-state index contributed by atoms with van der Waals surface area (Å²) in [5.41, 5.74) is -2.62. The monoisotopic (exact) mass is 554 g/mol. The Morgan fingerprint density at radius 2 is 1.74 bits per heavy atom. The zero-order chi connectivity index (χ0) is 24.0. The van der Waals surface area contributed by atoms with Gasteiger partial charge in [-0.15, -0.1) is 0 Å². The van der Waals surface area contributed by atoms with Gasteiger partial charge in [0.05, 0.1) is 12.8 Å². The third-order valence-electron chi connectivity index (χ3n) is 3.37. The predicted octanol–water partition coefficient (Wildman–Crippen LogP) is -0.549. The molecule has 0 aromatic carbocycles. The molecule has 22 heteroatoms. The summed E-state index contributed by atoms with van der Waals surface area (Å²) in [6.07, 6.45) is -5.23. The zero-order valence-corrected chi connectivity index (χ0v) is 18.5. The Bertz CT molecular complexity index is 1100. The third-order valence-corrected chi connectivity index (χ3v) is 8.00.